The molecule has 0 aromatic carbocycles. The standard InChI is InChI=1S/C9H20O4.C9H20O3/c1-4-6(10)8(12)9(13)7(11)5(2)3;1-4-7(10)9(12)8(11)5-6(2)3/h5-13H,4H2,1-3H3;6-12H,4-5H2,1-3H3/t6-,7-,8-,9-;7-,8+,9-/m00/s1. The quantitative estimate of drug-likeness (QED) is 0.288. The smallest absolute Gasteiger partial charge is 0.108 e. The molecule has 0 fully saturated rings. The second-order valence-corrected chi connectivity index (χ2v) is 7.35. The number of hydrogen-bond donors (Lipinski definition) is 7. The van der Waals surface area contributed by atoms with Gasteiger partial charge in [-0.3, -0.25) is 0 Å². The van der Waals surface area contributed by atoms with Crippen LogP contribution in [-0.2, 0) is 0 Å². The third kappa shape index (κ3) is 11.1. The van der Waals surface area contributed by atoms with Crippen molar-refractivity contribution in [2.24, 2.45) is 11.8 Å². The van der Waals surface area contributed by atoms with Crippen molar-refractivity contribution in [2.75, 3.05) is 0 Å². The maximum absolute atomic E-state index is 9.40. The van der Waals surface area contributed by atoms with Gasteiger partial charge in [-0.25, -0.2) is 0 Å². The topological polar surface area (TPSA) is 142 Å². The van der Waals surface area contributed by atoms with Crippen LogP contribution in [0.1, 0.15) is 60.8 Å². The summed E-state index contributed by atoms with van der Waals surface area (Å²) < 4.78 is 0. The fourth-order valence-corrected chi connectivity index (χ4v) is 2.19. The Bertz CT molecular complexity index is 312. The molecular weight excluding hydrogens is 328 g/mol. The normalized spacial score (nSPS) is 20.3. The van der Waals surface area contributed by atoms with E-state index in [4.69, 9.17) is 0 Å². The number of aliphatic hydroxyl groups is 7. The Hall–Kier alpha value is -0.280. The fourth-order valence-electron chi connectivity index (χ4n) is 2.19. The maximum Gasteiger partial charge on any atom is 0.108 e. The van der Waals surface area contributed by atoms with Crippen LogP contribution in [0, 0.1) is 11.8 Å². The van der Waals surface area contributed by atoms with Gasteiger partial charge in [0.05, 0.1) is 24.4 Å². The van der Waals surface area contributed by atoms with Crippen LogP contribution in [0.15, 0.2) is 0 Å². The molecule has 154 valence electrons. The first kappa shape index (κ1) is 26.9. The molecule has 25 heavy (non-hydrogen) atoms. The Kier molecular flexibility index (Phi) is 14.9. The maximum atomic E-state index is 9.40. The highest BCUT2D eigenvalue weighted by Gasteiger charge is 2.30. The van der Waals surface area contributed by atoms with Crippen molar-refractivity contribution in [3.63, 3.8) is 0 Å². The second-order valence-electron chi connectivity index (χ2n) is 7.35. The highest BCUT2D eigenvalue weighted by molar-refractivity contribution is 4.81. The van der Waals surface area contributed by atoms with Crippen LogP contribution in [0.25, 0.3) is 0 Å². The highest BCUT2D eigenvalue weighted by atomic mass is 16.4. The van der Waals surface area contributed by atoms with E-state index in [0.717, 1.165) is 0 Å². The van der Waals surface area contributed by atoms with Gasteiger partial charge in [0.2, 0.25) is 0 Å². The minimum Gasteiger partial charge on any atom is -0.390 e. The molecule has 0 heterocycles. The van der Waals surface area contributed by atoms with Crippen molar-refractivity contribution in [1.29, 1.82) is 0 Å². The summed E-state index contributed by atoms with van der Waals surface area (Å²) in [6, 6.07) is 0. The molecule has 0 saturated carbocycles. The van der Waals surface area contributed by atoms with E-state index >= 15 is 0 Å². The third-order valence-corrected chi connectivity index (χ3v) is 4.11. The average Bonchev–Trinajstić information content (AvgIpc) is 2.57. The fraction of sp³-hybridized carbons (Fsp3) is 1.00. The molecule has 0 amide bonds. The summed E-state index contributed by atoms with van der Waals surface area (Å²) in [5.41, 5.74) is 0. The predicted molar refractivity (Wildman–Crippen MR) is 96.9 cm³/mol. The van der Waals surface area contributed by atoms with Crippen molar-refractivity contribution < 1.29 is 35.7 Å². The lowest BCUT2D eigenvalue weighted by molar-refractivity contribution is -0.115. The van der Waals surface area contributed by atoms with Crippen LogP contribution in [-0.4, -0.2) is 78.5 Å². The molecule has 0 spiro atoms. The zero-order valence-electron chi connectivity index (χ0n) is 16.4. The zero-order chi connectivity index (χ0) is 20.3. The SMILES string of the molecule is CC[C@H](O)[C@H](O)[C@@H](O)[C@@H](O)C(C)C.CC[C@H](O)[C@H](O)[C@H](O)CC(C)C. The molecule has 0 rings (SSSR count). The summed E-state index contributed by atoms with van der Waals surface area (Å²) in [5, 5.41) is 65.3. The average molecular weight is 369 g/mol. The molecule has 0 unspecified atom stereocenters. The van der Waals surface area contributed by atoms with Crippen molar-refractivity contribution >= 4 is 0 Å². The van der Waals surface area contributed by atoms with E-state index in [-0.39, 0.29) is 5.92 Å². The first-order chi connectivity index (χ1) is 11.4. The number of hydrogen-bond acceptors (Lipinski definition) is 7. The Morgan fingerprint density at radius 2 is 0.920 bits per heavy atom. The minimum absolute atomic E-state index is 0.145. The van der Waals surface area contributed by atoms with Crippen LogP contribution in [0.5, 0.6) is 0 Å². The highest BCUT2D eigenvalue weighted by Crippen LogP contribution is 2.13. The van der Waals surface area contributed by atoms with Crippen LogP contribution in [0.3, 0.4) is 0 Å². The molecule has 0 aliphatic heterocycles. The van der Waals surface area contributed by atoms with Crippen molar-refractivity contribution in [2.45, 2.75) is 104 Å². The summed E-state index contributed by atoms with van der Waals surface area (Å²) in [6.07, 6.45) is -5.81. The zero-order valence-corrected chi connectivity index (χ0v) is 16.4. The summed E-state index contributed by atoms with van der Waals surface area (Å²) in [4.78, 5) is 0. The van der Waals surface area contributed by atoms with Gasteiger partial charge in [-0.2, -0.15) is 0 Å². The summed E-state index contributed by atoms with van der Waals surface area (Å²) in [6.45, 7) is 10.9. The summed E-state index contributed by atoms with van der Waals surface area (Å²) in [5.74, 6) is 0.187. The lowest BCUT2D eigenvalue weighted by Crippen LogP contribution is -2.46. The van der Waals surface area contributed by atoms with Crippen molar-refractivity contribution in [1.82, 2.24) is 0 Å². The van der Waals surface area contributed by atoms with E-state index in [1.807, 2.05) is 13.8 Å². The molecule has 7 N–H and O–H groups in total. The van der Waals surface area contributed by atoms with Crippen LogP contribution in [0.2, 0.25) is 0 Å². The van der Waals surface area contributed by atoms with Gasteiger partial charge in [0, 0.05) is 0 Å². The first-order valence-corrected chi connectivity index (χ1v) is 9.16. The molecular formula is C18H40O7. The minimum atomic E-state index is -1.28. The van der Waals surface area contributed by atoms with Gasteiger partial charge >= 0.3 is 0 Å². The second kappa shape index (κ2) is 13.9. The molecule has 7 nitrogen and oxygen atoms in total. The van der Waals surface area contributed by atoms with Gasteiger partial charge in [-0.15, -0.1) is 0 Å². The Morgan fingerprint density at radius 1 is 0.520 bits per heavy atom. The monoisotopic (exact) mass is 368 g/mol. The lowest BCUT2D eigenvalue weighted by Gasteiger charge is -2.27. The van der Waals surface area contributed by atoms with E-state index in [2.05, 4.69) is 0 Å². The van der Waals surface area contributed by atoms with Gasteiger partial charge in [0.1, 0.15) is 18.3 Å². The van der Waals surface area contributed by atoms with Crippen LogP contribution >= 0.6 is 0 Å². The van der Waals surface area contributed by atoms with E-state index in [0.29, 0.717) is 25.2 Å². The van der Waals surface area contributed by atoms with Gasteiger partial charge < -0.3 is 35.7 Å². The van der Waals surface area contributed by atoms with E-state index in [9.17, 15) is 35.7 Å². The van der Waals surface area contributed by atoms with E-state index in [1.165, 1.54) is 0 Å². The van der Waals surface area contributed by atoms with Crippen molar-refractivity contribution in [3.05, 3.63) is 0 Å². The Morgan fingerprint density at radius 3 is 1.24 bits per heavy atom. The largest absolute Gasteiger partial charge is 0.390 e. The van der Waals surface area contributed by atoms with Crippen LogP contribution in [0.4, 0.5) is 0 Å². The Balaban J connectivity index is 0. The van der Waals surface area contributed by atoms with Crippen LogP contribution < -0.4 is 0 Å². The third-order valence-electron chi connectivity index (χ3n) is 4.11. The van der Waals surface area contributed by atoms with E-state index < -0.39 is 42.7 Å². The predicted octanol–water partition coefficient (Wildman–Crippen LogP) is 0.0212. The number of aliphatic hydroxyl groups excluding tert-OH is 7. The van der Waals surface area contributed by atoms with Gasteiger partial charge in [-0.1, -0.05) is 41.5 Å². The van der Waals surface area contributed by atoms with Gasteiger partial charge in [0.25, 0.3) is 0 Å². The molecule has 0 aromatic rings. The first-order valence-electron chi connectivity index (χ1n) is 9.16. The number of rotatable bonds is 10. The van der Waals surface area contributed by atoms with E-state index in [1.54, 1.807) is 27.7 Å². The lowest BCUT2D eigenvalue weighted by atomic mass is 9.94. The Labute approximate surface area is 152 Å². The molecule has 0 aliphatic rings. The molecule has 0 saturated heterocycles. The molecule has 7 atom stereocenters. The summed E-state index contributed by atoms with van der Waals surface area (Å²) >= 11 is 0. The van der Waals surface area contributed by atoms with Gasteiger partial charge in [0.15, 0.2) is 0 Å². The molecule has 0 aliphatic carbocycles. The molecule has 0 aromatic heterocycles. The molecule has 0 radical (unpaired) electrons. The molecule has 0 bridgehead atoms. The van der Waals surface area contributed by atoms with Gasteiger partial charge in [-0.05, 0) is 31.1 Å². The summed E-state index contributed by atoms with van der Waals surface area (Å²) in [7, 11) is 0. The van der Waals surface area contributed by atoms with Crippen molar-refractivity contribution in [3.8, 4) is 0 Å². The molecule has 7 heteroatoms.